The maximum atomic E-state index is 13.4. The van der Waals surface area contributed by atoms with Crippen LogP contribution in [-0.2, 0) is 17.1 Å². The highest BCUT2D eigenvalue weighted by Crippen LogP contribution is 2.39. The number of carbonyl (C=O) groups excluding carboxylic acids is 2. The summed E-state index contributed by atoms with van der Waals surface area (Å²) in [6.07, 6.45) is -10.1. The molecule has 34 heavy (non-hydrogen) atoms. The maximum Gasteiger partial charge on any atom is 0.416 e. The normalized spacial score (nSPS) is 14.4. The van der Waals surface area contributed by atoms with Crippen molar-refractivity contribution in [3.8, 4) is 16.9 Å². The maximum absolute atomic E-state index is 13.4. The Morgan fingerprint density at radius 3 is 2.15 bits per heavy atom. The van der Waals surface area contributed by atoms with Crippen LogP contribution in [0.15, 0.2) is 48.5 Å². The summed E-state index contributed by atoms with van der Waals surface area (Å²) >= 11 is 5.99. The molecule has 0 saturated carbocycles. The zero-order valence-corrected chi connectivity index (χ0v) is 17.6. The van der Waals surface area contributed by atoms with Gasteiger partial charge in [-0.2, -0.15) is 31.4 Å². The minimum atomic E-state index is -5.06. The summed E-state index contributed by atoms with van der Waals surface area (Å²) in [6, 6.07) is 8.03. The van der Waals surface area contributed by atoms with E-state index in [1.54, 1.807) is 0 Å². The summed E-state index contributed by atoms with van der Waals surface area (Å²) in [5, 5.41) is 6.76. The molecule has 4 rings (SSSR count). The lowest BCUT2D eigenvalue weighted by molar-refractivity contribution is -0.143. The predicted molar refractivity (Wildman–Crippen MR) is 108 cm³/mol. The lowest BCUT2D eigenvalue weighted by Crippen LogP contribution is -2.30. The fourth-order valence-corrected chi connectivity index (χ4v) is 3.56. The Kier molecular flexibility index (Phi) is 5.80. The second kappa shape index (κ2) is 8.35. The molecule has 1 saturated heterocycles. The van der Waals surface area contributed by atoms with Gasteiger partial charge in [0, 0.05) is 10.6 Å². The van der Waals surface area contributed by atoms with Gasteiger partial charge in [0.15, 0.2) is 5.69 Å². The Labute approximate surface area is 192 Å². The molecule has 6 nitrogen and oxygen atoms in total. The van der Waals surface area contributed by atoms with Gasteiger partial charge in [0.1, 0.15) is 6.54 Å². The van der Waals surface area contributed by atoms with Gasteiger partial charge in [0.2, 0.25) is 5.91 Å². The third-order valence-electron chi connectivity index (χ3n) is 4.95. The Morgan fingerprint density at radius 1 is 0.971 bits per heavy atom. The summed E-state index contributed by atoms with van der Waals surface area (Å²) < 4.78 is 81.4. The van der Waals surface area contributed by atoms with Crippen LogP contribution in [-0.4, -0.2) is 39.7 Å². The number of aromatic nitrogens is 2. The standard InChI is InChI=1S/C21H13ClF6N4O2/c22-14-2-1-3-15(7-14)32-17(8-16(30-32)19(34)31-9-18(33)29-10-31)11-4-12(20(23,24)25)6-13(5-11)21(26,27)28/h1-8H,9-10H2,(H,29,33). The number of nitrogens with zero attached hydrogens (tertiary/aromatic N) is 3. The van der Waals surface area contributed by atoms with Crippen LogP contribution in [0.5, 0.6) is 0 Å². The van der Waals surface area contributed by atoms with Crippen LogP contribution in [0, 0.1) is 0 Å². The first-order valence-corrected chi connectivity index (χ1v) is 9.92. The van der Waals surface area contributed by atoms with Crippen molar-refractivity contribution in [3.05, 3.63) is 70.4 Å². The van der Waals surface area contributed by atoms with E-state index >= 15 is 0 Å². The molecule has 2 aromatic carbocycles. The molecular formula is C21H13ClF6N4O2. The van der Waals surface area contributed by atoms with E-state index in [-0.39, 0.29) is 41.4 Å². The molecule has 0 aliphatic carbocycles. The van der Waals surface area contributed by atoms with Crippen LogP contribution < -0.4 is 5.32 Å². The smallest absolute Gasteiger partial charge is 0.337 e. The number of benzene rings is 2. The molecule has 13 heteroatoms. The van der Waals surface area contributed by atoms with Crippen LogP contribution >= 0.6 is 11.6 Å². The second-order valence-electron chi connectivity index (χ2n) is 7.36. The Morgan fingerprint density at radius 2 is 1.62 bits per heavy atom. The van der Waals surface area contributed by atoms with E-state index < -0.39 is 40.9 Å². The largest absolute Gasteiger partial charge is 0.416 e. The zero-order chi connectivity index (χ0) is 24.8. The van der Waals surface area contributed by atoms with E-state index in [9.17, 15) is 35.9 Å². The topological polar surface area (TPSA) is 67.2 Å². The lowest BCUT2D eigenvalue weighted by atomic mass is 10.0. The highest BCUT2D eigenvalue weighted by molar-refractivity contribution is 6.30. The minimum absolute atomic E-state index is 0.0111. The average molecular weight is 503 g/mol. The van der Waals surface area contributed by atoms with Crippen molar-refractivity contribution >= 4 is 23.4 Å². The molecule has 1 aliphatic rings. The molecule has 1 aliphatic heterocycles. The van der Waals surface area contributed by atoms with E-state index in [0.29, 0.717) is 12.1 Å². The van der Waals surface area contributed by atoms with Crippen molar-refractivity contribution in [1.82, 2.24) is 20.0 Å². The van der Waals surface area contributed by atoms with Gasteiger partial charge >= 0.3 is 12.4 Å². The number of halogens is 7. The third-order valence-corrected chi connectivity index (χ3v) is 5.19. The van der Waals surface area contributed by atoms with Crippen LogP contribution in [0.3, 0.4) is 0 Å². The van der Waals surface area contributed by atoms with Gasteiger partial charge in [-0.15, -0.1) is 0 Å². The van der Waals surface area contributed by atoms with E-state index in [1.165, 1.54) is 24.3 Å². The molecule has 2 heterocycles. The van der Waals surface area contributed by atoms with Gasteiger partial charge in [0.25, 0.3) is 5.91 Å². The van der Waals surface area contributed by atoms with Crippen LogP contribution in [0.2, 0.25) is 5.02 Å². The number of hydrogen-bond acceptors (Lipinski definition) is 3. The van der Waals surface area contributed by atoms with Gasteiger partial charge in [-0.05, 0) is 42.5 Å². The highest BCUT2D eigenvalue weighted by Gasteiger charge is 2.37. The Hall–Kier alpha value is -3.54. The van der Waals surface area contributed by atoms with Crippen molar-refractivity contribution in [2.45, 2.75) is 12.4 Å². The quantitative estimate of drug-likeness (QED) is 0.525. The third kappa shape index (κ3) is 4.72. The summed E-state index contributed by atoms with van der Waals surface area (Å²) in [7, 11) is 0. The number of hydrogen-bond donors (Lipinski definition) is 1. The number of rotatable bonds is 3. The van der Waals surface area contributed by atoms with Gasteiger partial charge in [-0.1, -0.05) is 17.7 Å². The first kappa shape index (κ1) is 23.6. The minimum Gasteiger partial charge on any atom is -0.337 e. The average Bonchev–Trinajstić information content (AvgIpc) is 3.38. The van der Waals surface area contributed by atoms with E-state index in [1.807, 2.05) is 0 Å². The Balaban J connectivity index is 1.92. The fraction of sp³-hybridized carbons (Fsp3) is 0.190. The zero-order valence-electron chi connectivity index (χ0n) is 16.8. The predicted octanol–water partition coefficient (Wildman–Crippen LogP) is 4.76. The van der Waals surface area contributed by atoms with Crippen molar-refractivity contribution < 1.29 is 35.9 Å². The molecule has 3 aromatic rings. The molecule has 1 fully saturated rings. The van der Waals surface area contributed by atoms with Crippen molar-refractivity contribution in [1.29, 1.82) is 0 Å². The monoisotopic (exact) mass is 502 g/mol. The van der Waals surface area contributed by atoms with E-state index in [2.05, 4.69) is 10.4 Å². The van der Waals surface area contributed by atoms with E-state index in [0.717, 1.165) is 15.6 Å². The molecule has 0 atom stereocenters. The molecule has 2 amide bonds. The molecule has 0 unspecified atom stereocenters. The number of carbonyl (C=O) groups is 2. The summed E-state index contributed by atoms with van der Waals surface area (Å²) in [4.78, 5) is 25.4. The molecule has 0 radical (unpaired) electrons. The summed E-state index contributed by atoms with van der Waals surface area (Å²) in [6.45, 7) is -0.376. The lowest BCUT2D eigenvalue weighted by Gasteiger charge is -2.15. The highest BCUT2D eigenvalue weighted by atomic mass is 35.5. The summed E-state index contributed by atoms with van der Waals surface area (Å²) in [5.74, 6) is -1.15. The van der Waals surface area contributed by atoms with Crippen LogP contribution in [0.25, 0.3) is 16.9 Å². The van der Waals surface area contributed by atoms with Gasteiger partial charge in [-0.25, -0.2) is 4.68 Å². The molecule has 1 N–H and O–H groups in total. The van der Waals surface area contributed by atoms with Gasteiger partial charge in [-0.3, -0.25) is 9.59 Å². The van der Waals surface area contributed by atoms with Gasteiger partial charge in [0.05, 0.1) is 29.2 Å². The fourth-order valence-electron chi connectivity index (χ4n) is 3.37. The van der Waals surface area contributed by atoms with Crippen molar-refractivity contribution in [2.75, 3.05) is 13.2 Å². The molecule has 0 spiro atoms. The molecular weight excluding hydrogens is 490 g/mol. The number of amides is 2. The van der Waals surface area contributed by atoms with Crippen LogP contribution in [0.1, 0.15) is 21.6 Å². The number of alkyl halides is 6. The molecule has 0 bridgehead atoms. The molecule has 178 valence electrons. The van der Waals surface area contributed by atoms with Crippen molar-refractivity contribution in [2.24, 2.45) is 0 Å². The molecule has 1 aromatic heterocycles. The number of nitrogens with one attached hydrogen (secondary N) is 1. The first-order chi connectivity index (χ1) is 15.8. The van der Waals surface area contributed by atoms with Crippen LogP contribution in [0.4, 0.5) is 26.3 Å². The summed E-state index contributed by atoms with van der Waals surface area (Å²) in [5.41, 5.74) is -3.79. The first-order valence-electron chi connectivity index (χ1n) is 9.55. The van der Waals surface area contributed by atoms with Gasteiger partial charge < -0.3 is 10.2 Å². The van der Waals surface area contributed by atoms with E-state index in [4.69, 9.17) is 11.6 Å². The Bertz CT molecular complexity index is 1250. The SMILES string of the molecule is O=C1CN(C(=O)c2cc(-c3cc(C(F)(F)F)cc(C(F)(F)F)c3)n(-c3cccc(Cl)c3)n2)CN1. The van der Waals surface area contributed by atoms with Crippen molar-refractivity contribution in [3.63, 3.8) is 0 Å². The second-order valence-corrected chi connectivity index (χ2v) is 7.80.